The molecule has 0 aliphatic carbocycles. The Bertz CT molecular complexity index is 574. The Hall–Kier alpha value is -2.28. The summed E-state index contributed by atoms with van der Waals surface area (Å²) in [7, 11) is 0. The van der Waals surface area contributed by atoms with Crippen LogP contribution < -0.4 is 0 Å². The van der Waals surface area contributed by atoms with Gasteiger partial charge in [-0.25, -0.2) is 4.98 Å². The number of pyridine rings is 2. The van der Waals surface area contributed by atoms with Crippen LogP contribution in [-0.4, -0.2) is 9.97 Å². The summed E-state index contributed by atoms with van der Waals surface area (Å²) in [6.45, 7) is 9.80. The first-order valence-electron chi connectivity index (χ1n) is 6.96. The van der Waals surface area contributed by atoms with E-state index in [9.17, 15) is 4.39 Å². The molecule has 4 heteroatoms. The van der Waals surface area contributed by atoms with Crippen molar-refractivity contribution in [2.45, 2.75) is 40.5 Å². The number of nitrogens with zero attached hydrogens (tertiary/aromatic N) is 3. The molecule has 2 rings (SSSR count). The number of hydrogen-bond acceptors (Lipinski definition) is 3. The van der Waals surface area contributed by atoms with Crippen LogP contribution in [-0.2, 0) is 0 Å². The molecule has 0 aliphatic rings. The topological polar surface area (TPSA) is 49.6 Å². The Labute approximate surface area is 126 Å². The van der Waals surface area contributed by atoms with E-state index in [1.807, 2.05) is 40.7 Å². The fourth-order valence-corrected chi connectivity index (χ4v) is 1.45. The average molecular weight is 287 g/mol. The quantitative estimate of drug-likeness (QED) is 0.718. The van der Waals surface area contributed by atoms with Crippen LogP contribution in [0, 0.1) is 24.2 Å². The van der Waals surface area contributed by atoms with Gasteiger partial charge in [0.05, 0.1) is 5.56 Å². The highest BCUT2D eigenvalue weighted by molar-refractivity contribution is 5.27. The van der Waals surface area contributed by atoms with Gasteiger partial charge < -0.3 is 0 Å². The van der Waals surface area contributed by atoms with Gasteiger partial charge in [-0.1, -0.05) is 33.8 Å². The molecule has 0 aliphatic heterocycles. The van der Waals surface area contributed by atoms with Crippen LogP contribution in [0.3, 0.4) is 0 Å². The van der Waals surface area contributed by atoms with E-state index in [-0.39, 0.29) is 11.9 Å². The van der Waals surface area contributed by atoms with Crippen LogP contribution in [0.1, 0.15) is 50.3 Å². The molecule has 0 amide bonds. The van der Waals surface area contributed by atoms with Crippen LogP contribution in [0.15, 0.2) is 36.8 Å². The third-order valence-corrected chi connectivity index (χ3v) is 2.41. The minimum absolute atomic E-state index is 0.216. The molecular weight excluding hydrogens is 265 g/mol. The summed E-state index contributed by atoms with van der Waals surface area (Å²) in [6.07, 6.45) is 4.73. The summed E-state index contributed by atoms with van der Waals surface area (Å²) in [4.78, 5) is 7.37. The zero-order valence-corrected chi connectivity index (χ0v) is 13.3. The second-order valence-electron chi connectivity index (χ2n) is 4.40. The van der Waals surface area contributed by atoms with E-state index in [1.165, 1.54) is 6.20 Å². The van der Waals surface area contributed by atoms with Crippen molar-refractivity contribution in [2.75, 3.05) is 0 Å². The highest BCUT2D eigenvalue weighted by Crippen LogP contribution is 2.14. The van der Waals surface area contributed by atoms with E-state index >= 15 is 0 Å². The molecule has 0 atom stereocenters. The highest BCUT2D eigenvalue weighted by Gasteiger charge is 2.04. The summed E-state index contributed by atoms with van der Waals surface area (Å²) >= 11 is 0. The Morgan fingerprint density at radius 2 is 1.90 bits per heavy atom. The van der Waals surface area contributed by atoms with Gasteiger partial charge in [-0.2, -0.15) is 9.65 Å². The number of aromatic nitrogens is 2. The zero-order chi connectivity index (χ0) is 16.3. The molecule has 0 N–H and O–H groups in total. The lowest BCUT2D eigenvalue weighted by Crippen LogP contribution is -1.94. The van der Waals surface area contributed by atoms with Gasteiger partial charge in [0.1, 0.15) is 6.07 Å². The van der Waals surface area contributed by atoms with E-state index in [0.717, 1.165) is 5.56 Å². The standard InChI is InChI=1S/C8H10FN.C7H6N2.C2H6/c1-6(2)7-4-3-5-10-8(7)9;1-6-2-7(3-8)5-9-4-6;1-2/h3-6H,1-2H3;2,4-5H,1H3;1-2H3. The molecule has 112 valence electrons. The fourth-order valence-electron chi connectivity index (χ4n) is 1.45. The lowest BCUT2D eigenvalue weighted by Gasteiger charge is -2.03. The molecule has 0 radical (unpaired) electrons. The molecule has 0 spiro atoms. The van der Waals surface area contributed by atoms with E-state index in [0.29, 0.717) is 11.1 Å². The maximum absolute atomic E-state index is 12.7. The maximum atomic E-state index is 12.7. The van der Waals surface area contributed by atoms with E-state index in [4.69, 9.17) is 5.26 Å². The second kappa shape index (κ2) is 10.5. The lowest BCUT2D eigenvalue weighted by atomic mass is 10.1. The molecule has 0 unspecified atom stereocenters. The van der Waals surface area contributed by atoms with Gasteiger partial charge in [-0.3, -0.25) is 4.98 Å². The van der Waals surface area contributed by atoms with Crippen LogP contribution >= 0.6 is 0 Å². The Kier molecular flexibility index (Phi) is 9.36. The van der Waals surface area contributed by atoms with Crippen molar-refractivity contribution < 1.29 is 4.39 Å². The van der Waals surface area contributed by atoms with Crippen molar-refractivity contribution in [3.63, 3.8) is 0 Å². The molecule has 0 saturated heterocycles. The first kappa shape index (κ1) is 18.7. The summed E-state index contributed by atoms with van der Waals surface area (Å²) in [6, 6.07) is 7.31. The maximum Gasteiger partial charge on any atom is 0.216 e. The summed E-state index contributed by atoms with van der Waals surface area (Å²) in [5.74, 6) is -0.133. The Morgan fingerprint density at radius 1 is 1.24 bits per heavy atom. The molecule has 0 fully saturated rings. The van der Waals surface area contributed by atoms with Gasteiger partial charge in [0.2, 0.25) is 5.95 Å². The van der Waals surface area contributed by atoms with Crippen molar-refractivity contribution in [3.05, 3.63) is 59.4 Å². The minimum Gasteiger partial charge on any atom is -0.263 e. The summed E-state index contributed by atoms with van der Waals surface area (Å²) in [5, 5.41) is 8.37. The van der Waals surface area contributed by atoms with E-state index in [1.54, 1.807) is 30.6 Å². The monoisotopic (exact) mass is 287 g/mol. The van der Waals surface area contributed by atoms with Gasteiger partial charge in [0.25, 0.3) is 0 Å². The minimum atomic E-state index is -0.350. The highest BCUT2D eigenvalue weighted by atomic mass is 19.1. The van der Waals surface area contributed by atoms with Crippen molar-refractivity contribution in [1.29, 1.82) is 5.26 Å². The molecule has 2 aromatic heterocycles. The van der Waals surface area contributed by atoms with Gasteiger partial charge in [0.15, 0.2) is 0 Å². The number of hydrogen-bond donors (Lipinski definition) is 0. The van der Waals surface area contributed by atoms with Crippen molar-refractivity contribution in [2.24, 2.45) is 0 Å². The van der Waals surface area contributed by atoms with Crippen LogP contribution in [0.2, 0.25) is 0 Å². The molecule has 2 aromatic rings. The lowest BCUT2D eigenvalue weighted by molar-refractivity contribution is 0.557. The first-order valence-corrected chi connectivity index (χ1v) is 6.96. The summed E-state index contributed by atoms with van der Waals surface area (Å²) in [5.41, 5.74) is 2.33. The van der Waals surface area contributed by atoms with Crippen LogP contribution in [0.4, 0.5) is 4.39 Å². The molecule has 0 saturated carbocycles. The largest absolute Gasteiger partial charge is 0.263 e. The predicted molar refractivity (Wildman–Crippen MR) is 83.3 cm³/mol. The second-order valence-corrected chi connectivity index (χ2v) is 4.40. The predicted octanol–water partition coefficient (Wildman–Crippen LogP) is 4.63. The SMILES string of the molecule is CC.CC(C)c1cccnc1F.Cc1cncc(C#N)c1. The van der Waals surface area contributed by atoms with Crippen LogP contribution in [0.25, 0.3) is 0 Å². The fraction of sp³-hybridized carbons (Fsp3) is 0.353. The smallest absolute Gasteiger partial charge is 0.216 e. The summed E-state index contributed by atoms with van der Waals surface area (Å²) < 4.78 is 12.7. The third-order valence-electron chi connectivity index (χ3n) is 2.41. The first-order chi connectivity index (χ1) is 10.0. The Balaban J connectivity index is 0.000000342. The molecule has 3 nitrogen and oxygen atoms in total. The third kappa shape index (κ3) is 7.17. The van der Waals surface area contributed by atoms with Gasteiger partial charge in [-0.15, -0.1) is 0 Å². The Morgan fingerprint density at radius 3 is 2.29 bits per heavy atom. The van der Waals surface area contributed by atoms with Crippen molar-refractivity contribution in [3.8, 4) is 6.07 Å². The normalized spacial score (nSPS) is 8.86. The van der Waals surface area contributed by atoms with Gasteiger partial charge in [-0.05, 0) is 30.5 Å². The zero-order valence-electron chi connectivity index (χ0n) is 13.3. The number of rotatable bonds is 1. The van der Waals surface area contributed by atoms with Gasteiger partial charge in [0, 0.05) is 24.2 Å². The number of aryl methyl sites for hydroxylation is 1. The number of nitriles is 1. The van der Waals surface area contributed by atoms with Crippen LogP contribution in [0.5, 0.6) is 0 Å². The van der Waals surface area contributed by atoms with Crippen molar-refractivity contribution in [1.82, 2.24) is 9.97 Å². The molecule has 21 heavy (non-hydrogen) atoms. The number of halogens is 1. The molecule has 0 aromatic carbocycles. The molecule has 2 heterocycles. The molecular formula is C17H22FN3. The van der Waals surface area contributed by atoms with E-state index in [2.05, 4.69) is 9.97 Å². The van der Waals surface area contributed by atoms with Crippen molar-refractivity contribution >= 4 is 0 Å². The van der Waals surface area contributed by atoms with Gasteiger partial charge >= 0.3 is 0 Å². The van der Waals surface area contributed by atoms with E-state index < -0.39 is 0 Å². The average Bonchev–Trinajstić information content (AvgIpc) is 2.50. The molecule has 0 bridgehead atoms.